The fourth-order valence-electron chi connectivity index (χ4n) is 2.85. The number of aromatic amines is 1. The van der Waals surface area contributed by atoms with Crippen LogP contribution < -0.4 is 5.56 Å². The smallest absolute Gasteiger partial charge is 0.262 e. The molecule has 3 rings (SSSR count). The predicted octanol–water partition coefficient (Wildman–Crippen LogP) is 4.60. The minimum atomic E-state index is -0.365. The number of aromatic nitrogens is 2. The number of aromatic hydroxyl groups is 1. The molecule has 1 fully saturated rings. The molecule has 0 saturated heterocycles. The van der Waals surface area contributed by atoms with Crippen molar-refractivity contribution in [3.05, 3.63) is 55.5 Å². The van der Waals surface area contributed by atoms with Crippen LogP contribution in [0.15, 0.2) is 34.6 Å². The van der Waals surface area contributed by atoms with E-state index in [1.165, 1.54) is 16.6 Å². The predicted molar refractivity (Wildman–Crippen MR) is 95.0 cm³/mol. The average molecular weight is 349 g/mol. The molecule has 1 aromatic carbocycles. The van der Waals surface area contributed by atoms with Crippen LogP contribution in [0.3, 0.4) is 0 Å². The lowest BCUT2D eigenvalue weighted by atomic mass is 9.94. The number of allylic oxidation sites excluding steroid dienone is 1. The quantitative estimate of drug-likeness (QED) is 0.780. The summed E-state index contributed by atoms with van der Waals surface area (Å²) in [4.78, 5) is 14.8. The van der Waals surface area contributed by atoms with Crippen LogP contribution >= 0.6 is 23.8 Å². The SMILES string of the molecule is O=c1[nH]c(=S)n(-c2ccc(Cl)cc2)c(O)c1C=C1CCCCC1. The number of hydrogen-bond acceptors (Lipinski definition) is 3. The van der Waals surface area contributed by atoms with E-state index in [2.05, 4.69) is 4.98 Å². The zero-order valence-corrected chi connectivity index (χ0v) is 14.1. The van der Waals surface area contributed by atoms with Gasteiger partial charge in [0.15, 0.2) is 4.77 Å². The van der Waals surface area contributed by atoms with Crippen LogP contribution in [0, 0.1) is 4.77 Å². The summed E-state index contributed by atoms with van der Waals surface area (Å²) in [5, 5.41) is 11.2. The molecule has 0 aliphatic heterocycles. The highest BCUT2D eigenvalue weighted by atomic mass is 35.5. The van der Waals surface area contributed by atoms with Crippen molar-refractivity contribution in [2.24, 2.45) is 0 Å². The summed E-state index contributed by atoms with van der Waals surface area (Å²) in [6.07, 6.45) is 7.20. The molecule has 0 radical (unpaired) electrons. The Labute approximate surface area is 144 Å². The number of halogens is 1. The first-order valence-electron chi connectivity index (χ1n) is 7.60. The Hall–Kier alpha value is -1.85. The van der Waals surface area contributed by atoms with Crippen molar-refractivity contribution >= 4 is 29.9 Å². The summed E-state index contributed by atoms with van der Waals surface area (Å²) in [7, 11) is 0. The molecule has 2 aromatic rings. The maximum absolute atomic E-state index is 12.2. The van der Waals surface area contributed by atoms with Crippen molar-refractivity contribution in [3.63, 3.8) is 0 Å². The second-order valence-corrected chi connectivity index (χ2v) is 6.49. The Morgan fingerprint density at radius 3 is 2.48 bits per heavy atom. The largest absolute Gasteiger partial charge is 0.494 e. The van der Waals surface area contributed by atoms with Gasteiger partial charge in [0.2, 0.25) is 5.88 Å². The molecule has 0 atom stereocenters. The van der Waals surface area contributed by atoms with Crippen LogP contribution in [-0.4, -0.2) is 14.7 Å². The van der Waals surface area contributed by atoms with Crippen molar-refractivity contribution in [1.29, 1.82) is 0 Å². The molecule has 0 unspecified atom stereocenters. The van der Waals surface area contributed by atoms with Crippen molar-refractivity contribution < 1.29 is 5.11 Å². The first-order chi connectivity index (χ1) is 11.1. The van der Waals surface area contributed by atoms with Gasteiger partial charge in [0.25, 0.3) is 5.56 Å². The molecule has 120 valence electrons. The third-order valence-corrected chi connectivity index (χ3v) is 4.59. The van der Waals surface area contributed by atoms with Gasteiger partial charge in [-0.3, -0.25) is 14.3 Å². The van der Waals surface area contributed by atoms with E-state index in [1.807, 2.05) is 0 Å². The molecule has 1 saturated carbocycles. The molecule has 1 aliphatic carbocycles. The van der Waals surface area contributed by atoms with Gasteiger partial charge in [0, 0.05) is 5.02 Å². The fraction of sp³-hybridized carbons (Fsp3) is 0.294. The number of hydrogen-bond donors (Lipinski definition) is 2. The van der Waals surface area contributed by atoms with Crippen LogP contribution in [0.2, 0.25) is 5.02 Å². The van der Waals surface area contributed by atoms with Crippen molar-refractivity contribution in [3.8, 4) is 11.6 Å². The highest BCUT2D eigenvalue weighted by Crippen LogP contribution is 2.27. The highest BCUT2D eigenvalue weighted by Gasteiger charge is 2.14. The maximum Gasteiger partial charge on any atom is 0.262 e. The molecule has 4 nitrogen and oxygen atoms in total. The minimum absolute atomic E-state index is 0.140. The van der Waals surface area contributed by atoms with Gasteiger partial charge in [-0.1, -0.05) is 23.6 Å². The molecule has 6 heteroatoms. The standard InChI is InChI=1S/C17H17ClN2O2S/c18-12-6-8-13(9-7-12)20-16(22)14(15(21)19-17(20)23)10-11-4-2-1-3-5-11/h6-10,22H,1-5H2,(H,19,21,23). The first kappa shape index (κ1) is 16.0. The van der Waals surface area contributed by atoms with E-state index in [4.69, 9.17) is 23.8 Å². The van der Waals surface area contributed by atoms with E-state index in [1.54, 1.807) is 30.3 Å². The summed E-state index contributed by atoms with van der Waals surface area (Å²) in [6, 6.07) is 6.91. The van der Waals surface area contributed by atoms with Crippen LogP contribution in [0.1, 0.15) is 37.7 Å². The van der Waals surface area contributed by atoms with E-state index >= 15 is 0 Å². The van der Waals surface area contributed by atoms with Gasteiger partial charge in [-0.2, -0.15) is 0 Å². The van der Waals surface area contributed by atoms with Gasteiger partial charge in [0.05, 0.1) is 5.69 Å². The summed E-state index contributed by atoms with van der Waals surface area (Å²) < 4.78 is 1.60. The van der Waals surface area contributed by atoms with Gasteiger partial charge in [-0.15, -0.1) is 0 Å². The third kappa shape index (κ3) is 3.41. The second-order valence-electron chi connectivity index (χ2n) is 5.67. The van der Waals surface area contributed by atoms with E-state index in [-0.39, 0.29) is 21.8 Å². The Kier molecular flexibility index (Phi) is 4.68. The van der Waals surface area contributed by atoms with Gasteiger partial charge in [-0.05, 0) is 68.2 Å². The molecule has 23 heavy (non-hydrogen) atoms. The Balaban J connectivity index is 2.14. The Morgan fingerprint density at radius 2 is 1.83 bits per heavy atom. The summed E-state index contributed by atoms with van der Waals surface area (Å²) in [5.74, 6) is -0.140. The normalized spacial score (nSPS) is 14.7. The molecule has 1 heterocycles. The monoisotopic (exact) mass is 348 g/mol. The molecule has 0 bridgehead atoms. The summed E-state index contributed by atoms with van der Waals surface area (Å²) in [6.45, 7) is 0. The number of benzene rings is 1. The fourth-order valence-corrected chi connectivity index (χ4v) is 3.26. The lowest BCUT2D eigenvalue weighted by Crippen LogP contribution is -2.16. The van der Waals surface area contributed by atoms with Crippen LogP contribution in [0.5, 0.6) is 5.88 Å². The molecule has 0 spiro atoms. The van der Waals surface area contributed by atoms with Crippen molar-refractivity contribution in [2.75, 3.05) is 0 Å². The van der Waals surface area contributed by atoms with Crippen LogP contribution in [-0.2, 0) is 0 Å². The molecule has 2 N–H and O–H groups in total. The number of nitrogens with zero attached hydrogens (tertiary/aromatic N) is 1. The topological polar surface area (TPSA) is 58.0 Å². The number of H-pyrrole nitrogens is 1. The lowest BCUT2D eigenvalue weighted by Gasteiger charge is -2.15. The van der Waals surface area contributed by atoms with Crippen LogP contribution in [0.4, 0.5) is 0 Å². The summed E-state index contributed by atoms with van der Waals surface area (Å²) >= 11 is 11.1. The first-order valence-corrected chi connectivity index (χ1v) is 8.38. The molecule has 1 aliphatic rings. The lowest BCUT2D eigenvalue weighted by molar-refractivity contribution is 0.432. The maximum atomic E-state index is 12.2. The summed E-state index contributed by atoms with van der Waals surface area (Å²) in [5.41, 5.74) is 1.73. The van der Waals surface area contributed by atoms with Crippen LogP contribution in [0.25, 0.3) is 11.8 Å². The highest BCUT2D eigenvalue weighted by molar-refractivity contribution is 7.71. The average Bonchev–Trinajstić information content (AvgIpc) is 2.54. The number of rotatable bonds is 2. The van der Waals surface area contributed by atoms with Crippen molar-refractivity contribution in [1.82, 2.24) is 9.55 Å². The van der Waals surface area contributed by atoms with Gasteiger partial charge in [-0.25, -0.2) is 0 Å². The molecule has 1 aromatic heterocycles. The molecular formula is C17H17ClN2O2S. The van der Waals surface area contributed by atoms with Crippen molar-refractivity contribution in [2.45, 2.75) is 32.1 Å². The van der Waals surface area contributed by atoms with Gasteiger partial charge >= 0.3 is 0 Å². The second kappa shape index (κ2) is 6.72. The molecular weight excluding hydrogens is 332 g/mol. The zero-order chi connectivity index (χ0) is 16.4. The van der Waals surface area contributed by atoms with E-state index in [9.17, 15) is 9.90 Å². The Morgan fingerprint density at radius 1 is 1.17 bits per heavy atom. The molecule has 0 amide bonds. The number of nitrogens with one attached hydrogen (secondary N) is 1. The van der Waals surface area contributed by atoms with Gasteiger partial charge in [0.1, 0.15) is 5.56 Å². The van der Waals surface area contributed by atoms with E-state index in [0.717, 1.165) is 25.7 Å². The minimum Gasteiger partial charge on any atom is -0.494 e. The van der Waals surface area contributed by atoms with E-state index < -0.39 is 0 Å². The van der Waals surface area contributed by atoms with E-state index in [0.29, 0.717) is 10.7 Å². The zero-order valence-electron chi connectivity index (χ0n) is 12.5. The third-order valence-electron chi connectivity index (χ3n) is 4.05. The Bertz CT molecular complexity index is 858. The van der Waals surface area contributed by atoms with Gasteiger partial charge < -0.3 is 5.11 Å².